The number of para-hydroxylation sites is 1. The lowest BCUT2D eigenvalue weighted by atomic mass is 9.51. The topological polar surface area (TPSA) is 132 Å². The summed E-state index contributed by atoms with van der Waals surface area (Å²) in [5, 5.41) is 19.5. The SMILES string of the molecule is Cc1cc([C@H]2C3=CC[C@@H]4C(=O)N(CCCCCC(=O)O)C(=O)[C@@H]4[C@@H]3C[C@H]3C(=O)N(c4ccccc4)C(=O)[C@@]23C)cc(C)c1O. The van der Waals surface area contributed by atoms with Crippen molar-refractivity contribution in [3.63, 3.8) is 0 Å². The highest BCUT2D eigenvalue weighted by Crippen LogP contribution is 2.63. The number of benzene rings is 2. The van der Waals surface area contributed by atoms with Crippen LogP contribution in [-0.2, 0) is 24.0 Å². The lowest BCUT2D eigenvalue weighted by Crippen LogP contribution is -2.49. The summed E-state index contributed by atoms with van der Waals surface area (Å²) in [4.78, 5) is 69.6. The van der Waals surface area contributed by atoms with Crippen molar-refractivity contribution in [1.29, 1.82) is 0 Å². The Kier molecular flexibility index (Phi) is 7.46. The zero-order valence-corrected chi connectivity index (χ0v) is 25.3. The first-order valence-electron chi connectivity index (χ1n) is 15.5. The number of carboxylic acid groups (broad SMARTS) is 1. The number of aliphatic carboxylic acids is 1. The molecule has 4 aliphatic rings. The Morgan fingerprint density at radius 2 is 1.61 bits per heavy atom. The summed E-state index contributed by atoms with van der Waals surface area (Å²) >= 11 is 0. The van der Waals surface area contributed by atoms with Crippen molar-refractivity contribution in [2.24, 2.45) is 29.1 Å². The average Bonchev–Trinajstić information content (AvgIpc) is 3.35. The largest absolute Gasteiger partial charge is 0.507 e. The second-order valence-electron chi connectivity index (χ2n) is 13.0. The van der Waals surface area contributed by atoms with Crippen LogP contribution in [0.25, 0.3) is 0 Å². The van der Waals surface area contributed by atoms with Gasteiger partial charge in [0.2, 0.25) is 23.6 Å². The lowest BCUT2D eigenvalue weighted by molar-refractivity contribution is -0.141. The van der Waals surface area contributed by atoms with Crippen LogP contribution in [0, 0.1) is 42.9 Å². The molecule has 0 aromatic heterocycles. The summed E-state index contributed by atoms with van der Waals surface area (Å²) in [7, 11) is 0. The van der Waals surface area contributed by atoms with E-state index in [4.69, 9.17) is 5.11 Å². The van der Waals surface area contributed by atoms with Gasteiger partial charge in [-0.3, -0.25) is 28.9 Å². The molecule has 3 fully saturated rings. The third kappa shape index (κ3) is 4.47. The highest BCUT2D eigenvalue weighted by Gasteiger charge is 2.67. The van der Waals surface area contributed by atoms with Gasteiger partial charge in [-0.05, 0) is 81.2 Å². The third-order valence-electron chi connectivity index (χ3n) is 10.5. The number of anilines is 1. The number of hydrogen-bond donors (Lipinski definition) is 2. The quantitative estimate of drug-likeness (QED) is 0.251. The van der Waals surface area contributed by atoms with E-state index in [0.29, 0.717) is 42.5 Å². The molecule has 0 spiro atoms. The number of phenols is 1. The van der Waals surface area contributed by atoms with E-state index in [0.717, 1.165) is 11.1 Å². The lowest BCUT2D eigenvalue weighted by Gasteiger charge is -2.49. The summed E-state index contributed by atoms with van der Waals surface area (Å²) in [6.45, 7) is 5.72. The number of aryl methyl sites for hydroxylation is 2. The molecule has 2 N–H and O–H groups in total. The van der Waals surface area contributed by atoms with E-state index in [9.17, 15) is 29.1 Å². The number of fused-ring (bicyclic) bond motifs is 4. The monoisotopic (exact) mass is 598 g/mol. The first kappa shape index (κ1) is 29.8. The highest BCUT2D eigenvalue weighted by atomic mass is 16.4. The number of unbranched alkanes of at least 4 members (excludes halogenated alkanes) is 2. The van der Waals surface area contributed by atoms with Crippen LogP contribution in [0.5, 0.6) is 5.75 Å². The number of amides is 4. The van der Waals surface area contributed by atoms with Crippen LogP contribution in [0.2, 0.25) is 0 Å². The van der Waals surface area contributed by atoms with Gasteiger partial charge in [0.15, 0.2) is 0 Å². The molecule has 4 amide bonds. The van der Waals surface area contributed by atoms with Crippen LogP contribution in [-0.4, -0.2) is 51.3 Å². The molecule has 2 aromatic rings. The summed E-state index contributed by atoms with van der Waals surface area (Å²) in [6.07, 6.45) is 4.34. The van der Waals surface area contributed by atoms with Gasteiger partial charge in [-0.2, -0.15) is 0 Å². The Balaban J connectivity index is 1.40. The number of phenolic OH excluding ortho intramolecular Hbond substituents is 1. The highest BCUT2D eigenvalue weighted by molar-refractivity contribution is 6.24. The molecule has 2 aliphatic heterocycles. The molecule has 230 valence electrons. The summed E-state index contributed by atoms with van der Waals surface area (Å²) < 4.78 is 0. The standard InChI is InChI=1S/C35H38N2O7/c1-19-16-21(17-20(2)30(19)40)29-23-13-14-24-28(33(43)36(31(24)41)15-9-5-8-12-27(38)39)25(23)18-26-32(42)37(34(44)35(26,29)3)22-10-6-4-7-11-22/h4,6-7,10-11,13,16-17,24-26,28-29,40H,5,8-9,12,14-15,18H2,1-3H3,(H,38,39)/t24-,25+,26-,28-,29-,35+/m0/s1. The molecular weight excluding hydrogens is 560 g/mol. The predicted molar refractivity (Wildman–Crippen MR) is 161 cm³/mol. The minimum absolute atomic E-state index is 0.0486. The van der Waals surface area contributed by atoms with E-state index in [1.165, 1.54) is 9.80 Å². The van der Waals surface area contributed by atoms with E-state index in [2.05, 4.69) is 0 Å². The van der Waals surface area contributed by atoms with Gasteiger partial charge in [-0.25, -0.2) is 4.90 Å². The fourth-order valence-electron chi connectivity index (χ4n) is 8.38. The Morgan fingerprint density at radius 1 is 0.932 bits per heavy atom. The molecule has 2 aromatic carbocycles. The summed E-state index contributed by atoms with van der Waals surface area (Å²) in [5.41, 5.74) is 2.42. The van der Waals surface area contributed by atoms with Crippen molar-refractivity contribution in [2.45, 2.75) is 65.2 Å². The molecular formula is C35H38N2O7. The molecule has 0 unspecified atom stereocenters. The second kappa shape index (κ2) is 11.0. The maximum atomic E-state index is 14.4. The summed E-state index contributed by atoms with van der Waals surface area (Å²) in [5.74, 6) is -4.51. The number of imide groups is 2. The van der Waals surface area contributed by atoms with Crippen molar-refractivity contribution in [3.8, 4) is 5.75 Å². The van der Waals surface area contributed by atoms with E-state index >= 15 is 0 Å². The van der Waals surface area contributed by atoms with Crippen molar-refractivity contribution < 1.29 is 34.2 Å². The van der Waals surface area contributed by atoms with Crippen molar-refractivity contribution >= 4 is 35.3 Å². The van der Waals surface area contributed by atoms with Gasteiger partial charge in [0, 0.05) is 18.9 Å². The van der Waals surface area contributed by atoms with Crippen LogP contribution in [0.15, 0.2) is 54.1 Å². The molecule has 0 bridgehead atoms. The molecule has 2 heterocycles. The molecule has 2 saturated heterocycles. The maximum Gasteiger partial charge on any atom is 0.303 e. The van der Waals surface area contributed by atoms with Crippen LogP contribution >= 0.6 is 0 Å². The molecule has 0 radical (unpaired) electrons. The van der Waals surface area contributed by atoms with Gasteiger partial charge in [0.1, 0.15) is 5.75 Å². The zero-order chi connectivity index (χ0) is 31.5. The molecule has 1 saturated carbocycles. The van der Waals surface area contributed by atoms with Gasteiger partial charge >= 0.3 is 5.97 Å². The molecule has 2 aliphatic carbocycles. The fourth-order valence-corrected chi connectivity index (χ4v) is 8.38. The fraction of sp³-hybridized carbons (Fsp3) is 0.457. The minimum atomic E-state index is -1.13. The average molecular weight is 599 g/mol. The number of carboxylic acids is 1. The number of allylic oxidation sites excluding steroid dienone is 2. The van der Waals surface area contributed by atoms with Gasteiger partial charge in [0.05, 0.1) is 28.9 Å². The van der Waals surface area contributed by atoms with Crippen molar-refractivity contribution in [2.75, 3.05) is 11.4 Å². The van der Waals surface area contributed by atoms with Gasteiger partial charge < -0.3 is 10.2 Å². The molecule has 9 nitrogen and oxygen atoms in total. The van der Waals surface area contributed by atoms with E-state index in [1.54, 1.807) is 24.3 Å². The van der Waals surface area contributed by atoms with Crippen molar-refractivity contribution in [1.82, 2.24) is 4.90 Å². The number of carbonyl (C=O) groups excluding carboxylic acids is 4. The second-order valence-corrected chi connectivity index (χ2v) is 13.0. The van der Waals surface area contributed by atoms with Crippen LogP contribution in [0.1, 0.15) is 68.1 Å². The molecule has 6 rings (SSSR count). The van der Waals surface area contributed by atoms with E-state index < -0.39 is 41.0 Å². The third-order valence-corrected chi connectivity index (χ3v) is 10.5. The Morgan fingerprint density at radius 3 is 2.27 bits per heavy atom. The van der Waals surface area contributed by atoms with Crippen molar-refractivity contribution in [3.05, 3.63) is 70.8 Å². The number of likely N-dealkylation sites (tertiary alicyclic amines) is 1. The first-order chi connectivity index (χ1) is 21.0. The first-order valence-corrected chi connectivity index (χ1v) is 15.5. The number of carbonyl (C=O) groups is 5. The summed E-state index contributed by atoms with van der Waals surface area (Å²) in [6, 6.07) is 12.6. The normalized spacial score (nSPS) is 29.4. The number of nitrogens with zero attached hydrogens (tertiary/aromatic N) is 2. The van der Waals surface area contributed by atoms with Gasteiger partial charge in [-0.1, -0.05) is 48.4 Å². The minimum Gasteiger partial charge on any atom is -0.507 e. The van der Waals surface area contributed by atoms with E-state index in [-0.39, 0.29) is 48.8 Å². The Hall–Kier alpha value is -4.27. The number of aromatic hydroxyl groups is 1. The van der Waals surface area contributed by atoms with Gasteiger partial charge in [0.25, 0.3) is 0 Å². The maximum absolute atomic E-state index is 14.4. The van der Waals surface area contributed by atoms with E-state index in [1.807, 2.05) is 45.0 Å². The Labute approximate surface area is 256 Å². The smallest absolute Gasteiger partial charge is 0.303 e. The van der Waals surface area contributed by atoms with Crippen LogP contribution in [0.4, 0.5) is 5.69 Å². The number of hydrogen-bond acceptors (Lipinski definition) is 6. The molecule has 6 atom stereocenters. The molecule has 44 heavy (non-hydrogen) atoms. The molecule has 9 heteroatoms. The zero-order valence-electron chi connectivity index (χ0n) is 25.3. The Bertz CT molecular complexity index is 1570. The van der Waals surface area contributed by atoms with Gasteiger partial charge in [-0.15, -0.1) is 0 Å². The van der Waals surface area contributed by atoms with Crippen LogP contribution < -0.4 is 4.90 Å². The predicted octanol–water partition coefficient (Wildman–Crippen LogP) is 4.88. The number of rotatable bonds is 8. The van der Waals surface area contributed by atoms with Crippen LogP contribution in [0.3, 0.4) is 0 Å².